The second kappa shape index (κ2) is 7.96. The second-order valence-corrected chi connectivity index (χ2v) is 8.42. The highest BCUT2D eigenvalue weighted by Crippen LogP contribution is 2.45. The number of fused-ring (bicyclic) bond motifs is 2. The van der Waals surface area contributed by atoms with Gasteiger partial charge in [-0.1, -0.05) is 6.07 Å². The first-order chi connectivity index (χ1) is 16.1. The lowest BCUT2D eigenvalue weighted by atomic mass is 9.96. The summed E-state index contributed by atoms with van der Waals surface area (Å²) in [6, 6.07) is 3.86. The molecule has 1 amide bonds. The van der Waals surface area contributed by atoms with Gasteiger partial charge in [0, 0.05) is 37.3 Å². The van der Waals surface area contributed by atoms with E-state index in [1.165, 1.54) is 6.07 Å². The predicted octanol–water partition coefficient (Wildman–Crippen LogP) is 3.55. The number of ether oxygens (including phenoxy) is 2. The molecule has 0 fully saturated rings. The number of nitrogens with one attached hydrogen (secondary N) is 2. The van der Waals surface area contributed by atoms with Crippen LogP contribution < -0.4 is 20.1 Å². The molecular weight excluding hydrogens is 453 g/mol. The number of rotatable bonds is 4. The monoisotopic (exact) mass is 476 g/mol. The van der Waals surface area contributed by atoms with Crippen LogP contribution in [0, 0.1) is 13.8 Å². The molecule has 2 aromatic heterocycles. The topological polar surface area (TPSA) is 95.2 Å². The smallest absolute Gasteiger partial charge is 0.410 e. The third-order valence-electron chi connectivity index (χ3n) is 6.31. The van der Waals surface area contributed by atoms with Gasteiger partial charge in [0.1, 0.15) is 5.82 Å². The molecule has 0 saturated heterocycles. The van der Waals surface area contributed by atoms with Crippen molar-refractivity contribution < 1.29 is 27.4 Å². The molecule has 180 valence electrons. The zero-order chi connectivity index (χ0) is 24.2. The molecule has 1 aromatic carbocycles. The van der Waals surface area contributed by atoms with Gasteiger partial charge in [0.25, 0.3) is 5.91 Å². The molecule has 0 spiro atoms. The number of halogens is 3. The predicted molar refractivity (Wildman–Crippen MR) is 115 cm³/mol. The van der Waals surface area contributed by atoms with Crippen molar-refractivity contribution >= 4 is 11.7 Å². The van der Waals surface area contributed by atoms with Gasteiger partial charge in [-0.2, -0.15) is 23.4 Å². The summed E-state index contributed by atoms with van der Waals surface area (Å²) in [6.07, 6.45) is -4.83. The number of carbonyl (C=O) groups is 1. The van der Waals surface area contributed by atoms with E-state index in [9.17, 15) is 18.0 Å². The lowest BCUT2D eigenvalue weighted by Gasteiger charge is -2.33. The number of hydrogen-bond donors (Lipinski definition) is 2. The van der Waals surface area contributed by atoms with E-state index in [2.05, 4.69) is 20.8 Å². The van der Waals surface area contributed by atoms with E-state index in [4.69, 9.17) is 9.47 Å². The SMILES string of the molecule is Cc1nn(C)c(C)c1CNC(=O)c1cc2n(n1)[C@@H](C(F)(F)F)C[C@H](c1ccc3c(c1)OCO3)N2. The molecule has 0 unspecified atom stereocenters. The van der Waals surface area contributed by atoms with Gasteiger partial charge in [-0.15, -0.1) is 0 Å². The standard InChI is InChI=1S/C22H23F3N6O3/c1-11-14(12(2)30(3)28-11)9-26-21(32)16-8-20-27-15(7-19(22(23,24)25)31(20)29-16)13-4-5-17-18(6-13)34-10-33-17/h4-6,8,15,19,27H,7,9-10H2,1-3H3,(H,26,32)/t15-,19-/m1/s1. The minimum Gasteiger partial charge on any atom is -0.454 e. The Hall–Kier alpha value is -3.70. The second-order valence-electron chi connectivity index (χ2n) is 8.42. The minimum absolute atomic E-state index is 0.0748. The van der Waals surface area contributed by atoms with Crippen LogP contribution in [0.1, 0.15) is 51.5 Å². The molecule has 2 N–H and O–H groups in total. The van der Waals surface area contributed by atoms with Crippen LogP contribution in [0.25, 0.3) is 0 Å². The molecule has 9 nitrogen and oxygen atoms in total. The Balaban J connectivity index is 1.40. The van der Waals surface area contributed by atoms with Crippen molar-refractivity contribution in [3.63, 3.8) is 0 Å². The van der Waals surface area contributed by atoms with Crippen molar-refractivity contribution in [3.8, 4) is 11.5 Å². The maximum atomic E-state index is 14.0. The third kappa shape index (κ3) is 3.82. The molecule has 2 aliphatic rings. The van der Waals surface area contributed by atoms with E-state index in [0.717, 1.165) is 21.6 Å². The Morgan fingerprint density at radius 1 is 1.21 bits per heavy atom. The summed E-state index contributed by atoms with van der Waals surface area (Å²) in [7, 11) is 1.80. The molecule has 2 atom stereocenters. The summed E-state index contributed by atoms with van der Waals surface area (Å²) in [5, 5.41) is 14.1. The number of anilines is 1. The zero-order valence-electron chi connectivity index (χ0n) is 18.7. The fraction of sp³-hybridized carbons (Fsp3) is 0.409. The lowest BCUT2D eigenvalue weighted by Crippen LogP contribution is -2.35. The molecule has 0 saturated carbocycles. The van der Waals surface area contributed by atoms with Crippen molar-refractivity contribution in [1.29, 1.82) is 0 Å². The van der Waals surface area contributed by atoms with Gasteiger partial charge >= 0.3 is 6.18 Å². The van der Waals surface area contributed by atoms with Crippen molar-refractivity contribution in [2.24, 2.45) is 7.05 Å². The maximum absolute atomic E-state index is 14.0. The number of alkyl halides is 3. The van der Waals surface area contributed by atoms with Crippen LogP contribution in [0.2, 0.25) is 0 Å². The Bertz CT molecular complexity index is 1270. The molecule has 0 aliphatic carbocycles. The molecule has 2 aliphatic heterocycles. The number of hydrogen-bond acceptors (Lipinski definition) is 6. The van der Waals surface area contributed by atoms with Crippen molar-refractivity contribution in [3.05, 3.63) is 52.5 Å². The number of aryl methyl sites for hydroxylation is 2. The fourth-order valence-corrected chi connectivity index (χ4v) is 4.37. The van der Waals surface area contributed by atoms with Crippen molar-refractivity contribution in [1.82, 2.24) is 24.9 Å². The van der Waals surface area contributed by atoms with E-state index < -0.39 is 24.2 Å². The largest absolute Gasteiger partial charge is 0.454 e. The van der Waals surface area contributed by atoms with Crippen molar-refractivity contribution in [2.45, 2.75) is 45.1 Å². The third-order valence-corrected chi connectivity index (χ3v) is 6.31. The van der Waals surface area contributed by atoms with E-state index in [1.54, 1.807) is 29.9 Å². The first kappa shape index (κ1) is 22.1. The van der Waals surface area contributed by atoms with Gasteiger partial charge in [-0.25, -0.2) is 4.68 Å². The Labute approximate surface area is 192 Å². The van der Waals surface area contributed by atoms with Crippen LogP contribution in [0.4, 0.5) is 19.0 Å². The average Bonchev–Trinajstić information content (AvgIpc) is 3.48. The first-order valence-corrected chi connectivity index (χ1v) is 10.7. The van der Waals surface area contributed by atoms with Gasteiger partial charge in [0.15, 0.2) is 23.2 Å². The van der Waals surface area contributed by atoms with Crippen LogP contribution in [0.15, 0.2) is 24.3 Å². The number of nitrogens with zero attached hydrogens (tertiary/aromatic N) is 4. The maximum Gasteiger partial charge on any atom is 0.410 e. The van der Waals surface area contributed by atoms with E-state index in [-0.39, 0.29) is 31.3 Å². The molecule has 0 radical (unpaired) electrons. The Kier molecular flexibility index (Phi) is 5.18. The normalized spacial score (nSPS) is 19.0. The quantitative estimate of drug-likeness (QED) is 0.598. The number of benzene rings is 1. The molecule has 3 aromatic rings. The molecular formula is C22H23F3N6O3. The zero-order valence-corrected chi connectivity index (χ0v) is 18.7. The Morgan fingerprint density at radius 2 is 1.97 bits per heavy atom. The number of amides is 1. The number of carbonyl (C=O) groups excluding carboxylic acids is 1. The highest BCUT2D eigenvalue weighted by Gasteiger charge is 2.47. The summed E-state index contributed by atoms with van der Waals surface area (Å²) in [6.45, 7) is 3.98. The van der Waals surface area contributed by atoms with Crippen LogP contribution >= 0.6 is 0 Å². The number of aromatic nitrogens is 4. The van der Waals surface area contributed by atoms with Crippen LogP contribution in [0.3, 0.4) is 0 Å². The van der Waals surface area contributed by atoms with E-state index >= 15 is 0 Å². The first-order valence-electron chi connectivity index (χ1n) is 10.7. The molecule has 34 heavy (non-hydrogen) atoms. The summed E-state index contributed by atoms with van der Waals surface area (Å²) < 4.78 is 55.1. The Morgan fingerprint density at radius 3 is 2.68 bits per heavy atom. The van der Waals surface area contributed by atoms with Crippen LogP contribution in [-0.4, -0.2) is 38.4 Å². The van der Waals surface area contributed by atoms with Crippen LogP contribution in [0.5, 0.6) is 11.5 Å². The summed E-state index contributed by atoms with van der Waals surface area (Å²) in [4.78, 5) is 12.7. The van der Waals surface area contributed by atoms with Gasteiger partial charge in [-0.05, 0) is 31.5 Å². The summed E-state index contributed by atoms with van der Waals surface area (Å²) in [5.41, 5.74) is 3.05. The summed E-state index contributed by atoms with van der Waals surface area (Å²) >= 11 is 0. The van der Waals surface area contributed by atoms with E-state index in [0.29, 0.717) is 17.1 Å². The molecule has 0 bridgehead atoms. The lowest BCUT2D eigenvalue weighted by molar-refractivity contribution is -0.173. The van der Waals surface area contributed by atoms with Crippen molar-refractivity contribution in [2.75, 3.05) is 12.1 Å². The van der Waals surface area contributed by atoms with Crippen LogP contribution in [-0.2, 0) is 13.6 Å². The fourth-order valence-electron chi connectivity index (χ4n) is 4.37. The van der Waals surface area contributed by atoms with Gasteiger partial charge in [0.05, 0.1) is 11.7 Å². The molecule has 4 heterocycles. The van der Waals surface area contributed by atoms with E-state index in [1.807, 2.05) is 13.8 Å². The van der Waals surface area contributed by atoms with Gasteiger partial charge < -0.3 is 20.1 Å². The molecule has 12 heteroatoms. The molecule has 5 rings (SSSR count). The van der Waals surface area contributed by atoms with Gasteiger partial charge in [-0.3, -0.25) is 9.48 Å². The highest BCUT2D eigenvalue weighted by atomic mass is 19.4. The highest BCUT2D eigenvalue weighted by molar-refractivity contribution is 5.93. The van der Waals surface area contributed by atoms with Gasteiger partial charge in [0.2, 0.25) is 6.79 Å². The summed E-state index contributed by atoms with van der Waals surface area (Å²) in [5.74, 6) is 0.597. The minimum atomic E-state index is -4.55. The average molecular weight is 476 g/mol.